The maximum absolute atomic E-state index is 8.17. The van der Waals surface area contributed by atoms with Gasteiger partial charge >= 0.3 is 0 Å². The molecule has 0 heterocycles. The lowest BCUT2D eigenvalue weighted by Crippen LogP contribution is -2.34. The first-order valence-corrected chi connectivity index (χ1v) is 2.97. The zero-order chi connectivity index (χ0) is 8.85. The van der Waals surface area contributed by atoms with Crippen LogP contribution < -0.4 is 5.64 Å². The lowest BCUT2D eigenvalue weighted by molar-refractivity contribution is -0.508. The second-order valence-electron chi connectivity index (χ2n) is 1.98. The Morgan fingerprint density at radius 3 is 2.18 bits per heavy atom. The molecule has 68 valence electrons. The predicted octanol–water partition coefficient (Wildman–Crippen LogP) is -0.314. The molecule has 0 aliphatic rings. The molecule has 0 aromatic heterocycles. The average molecular weight is 168 g/mol. The topological polar surface area (TPSA) is 94.4 Å². The molecule has 11 heavy (non-hydrogen) atoms. The number of nitrogens with zero attached hydrogens (tertiary/aromatic N) is 1. The molecule has 0 radical (unpaired) electrons. The molecule has 0 rings (SSSR count). The third-order valence-corrected chi connectivity index (χ3v) is 1.16. The Kier molecular flexibility index (Phi) is 5.24. The highest BCUT2D eigenvalue weighted by Crippen LogP contribution is 2.01. The van der Waals surface area contributed by atoms with E-state index in [2.05, 4.69) is 9.68 Å². The Bertz CT molecular complexity index is 100. The van der Waals surface area contributed by atoms with Gasteiger partial charge in [0.25, 0.3) is 0 Å². The van der Waals surface area contributed by atoms with E-state index in [1.165, 1.54) is 12.6 Å². The first-order chi connectivity index (χ1) is 5.07. The van der Waals surface area contributed by atoms with Gasteiger partial charge in [0.1, 0.15) is 12.2 Å². The third kappa shape index (κ3) is 5.04. The molecule has 0 amide bonds. The van der Waals surface area contributed by atoms with Crippen LogP contribution in [-0.2, 0) is 9.68 Å². The third-order valence-electron chi connectivity index (χ3n) is 1.16. The smallest absolute Gasteiger partial charge is 0.110 e. The quantitative estimate of drug-likeness (QED) is 0.418. The van der Waals surface area contributed by atoms with Crippen molar-refractivity contribution in [2.75, 3.05) is 0 Å². The van der Waals surface area contributed by atoms with E-state index in [0.29, 0.717) is 0 Å². The summed E-state index contributed by atoms with van der Waals surface area (Å²) in [6.45, 7) is 3.10. The molecule has 7 heteroatoms. The van der Waals surface area contributed by atoms with Crippen LogP contribution in [0.4, 0.5) is 0 Å². The van der Waals surface area contributed by atoms with E-state index < -0.39 is 17.6 Å². The first kappa shape index (κ1) is 10.7. The van der Waals surface area contributed by atoms with Crippen molar-refractivity contribution in [1.29, 1.82) is 0 Å². The predicted molar refractivity (Wildman–Crippen MR) is 31.4 cm³/mol. The summed E-state index contributed by atoms with van der Waals surface area (Å²) in [5.74, 6) is 0. The van der Waals surface area contributed by atoms with Crippen LogP contribution in [-0.4, -0.2) is 33.2 Å². The van der Waals surface area contributed by atoms with Crippen LogP contribution >= 0.6 is 0 Å². The number of hydrogen-bond donors (Lipinski definition) is 4. The van der Waals surface area contributed by atoms with Crippen molar-refractivity contribution < 1.29 is 25.3 Å². The van der Waals surface area contributed by atoms with Crippen molar-refractivity contribution in [3.8, 4) is 0 Å². The van der Waals surface area contributed by atoms with Gasteiger partial charge in [0.05, 0.1) is 5.39 Å². The SMILES string of the molecule is CC(ONO)C(C)ON(O)O. The molecule has 2 atom stereocenters. The van der Waals surface area contributed by atoms with Gasteiger partial charge in [-0.1, -0.05) is 5.64 Å². The van der Waals surface area contributed by atoms with Gasteiger partial charge in [-0.3, -0.25) is 20.5 Å². The molecule has 2 unspecified atom stereocenters. The highest BCUT2D eigenvalue weighted by atomic mass is 17.1. The van der Waals surface area contributed by atoms with Gasteiger partial charge in [0.15, 0.2) is 0 Å². The van der Waals surface area contributed by atoms with Crippen LogP contribution in [0.25, 0.3) is 0 Å². The molecule has 0 aliphatic heterocycles. The molecule has 0 fully saturated rings. The van der Waals surface area contributed by atoms with Crippen LogP contribution in [0.1, 0.15) is 13.8 Å². The van der Waals surface area contributed by atoms with Gasteiger partial charge in [-0.25, -0.2) is 4.84 Å². The first-order valence-electron chi connectivity index (χ1n) is 2.97. The normalized spacial score (nSPS) is 16.9. The van der Waals surface area contributed by atoms with Crippen molar-refractivity contribution in [2.24, 2.45) is 0 Å². The summed E-state index contributed by atoms with van der Waals surface area (Å²) in [6, 6.07) is 0. The largest absolute Gasteiger partial charge is 0.292 e. The van der Waals surface area contributed by atoms with Crippen molar-refractivity contribution in [3.05, 3.63) is 0 Å². The molecule has 7 nitrogen and oxygen atoms in total. The van der Waals surface area contributed by atoms with E-state index in [0.717, 1.165) is 0 Å². The monoisotopic (exact) mass is 168 g/mol. The molecule has 0 aliphatic carbocycles. The molecule has 0 aromatic rings. The molecule has 4 N–H and O–H groups in total. The zero-order valence-electron chi connectivity index (χ0n) is 6.26. The molecule has 0 bridgehead atoms. The Balaban J connectivity index is 3.54. The summed E-state index contributed by atoms with van der Waals surface area (Å²) >= 11 is 0. The minimum atomic E-state index is -0.607. The highest BCUT2D eigenvalue weighted by Gasteiger charge is 2.15. The maximum atomic E-state index is 8.17. The number of rotatable bonds is 5. The van der Waals surface area contributed by atoms with E-state index in [9.17, 15) is 0 Å². The number of nitrogens with one attached hydrogen (secondary N) is 1. The fourth-order valence-corrected chi connectivity index (χ4v) is 0.413. The molecule has 0 spiro atoms. The van der Waals surface area contributed by atoms with E-state index in [-0.39, 0.29) is 0 Å². The Morgan fingerprint density at radius 2 is 1.82 bits per heavy atom. The lowest BCUT2D eigenvalue weighted by atomic mass is 10.3. The van der Waals surface area contributed by atoms with E-state index in [4.69, 9.17) is 15.6 Å². The fourth-order valence-electron chi connectivity index (χ4n) is 0.413. The van der Waals surface area contributed by atoms with Crippen molar-refractivity contribution in [1.82, 2.24) is 11.0 Å². The summed E-state index contributed by atoms with van der Waals surface area (Å²) in [4.78, 5) is 8.77. The molecular weight excluding hydrogens is 156 g/mol. The number of hydrogen-bond acceptors (Lipinski definition) is 7. The van der Waals surface area contributed by atoms with Crippen molar-refractivity contribution in [2.45, 2.75) is 26.1 Å². The fraction of sp³-hybridized carbons (Fsp3) is 1.00. The van der Waals surface area contributed by atoms with Crippen LogP contribution in [0.15, 0.2) is 0 Å². The minimum Gasteiger partial charge on any atom is -0.292 e. The van der Waals surface area contributed by atoms with Crippen LogP contribution in [0.5, 0.6) is 0 Å². The van der Waals surface area contributed by atoms with Crippen LogP contribution in [0.2, 0.25) is 0 Å². The van der Waals surface area contributed by atoms with Crippen LogP contribution in [0, 0.1) is 0 Å². The summed E-state index contributed by atoms with van der Waals surface area (Å²) < 4.78 is 0. The summed E-state index contributed by atoms with van der Waals surface area (Å²) in [5, 5.41) is 24.0. The summed E-state index contributed by atoms with van der Waals surface area (Å²) in [6.07, 6.45) is -1.13. The van der Waals surface area contributed by atoms with Gasteiger partial charge < -0.3 is 0 Å². The Hall–Kier alpha value is -0.280. The molecule has 0 aromatic carbocycles. The molecule has 0 saturated heterocycles. The van der Waals surface area contributed by atoms with E-state index in [1.54, 1.807) is 6.92 Å². The maximum Gasteiger partial charge on any atom is 0.110 e. The van der Waals surface area contributed by atoms with Gasteiger partial charge in [-0.05, 0) is 13.8 Å². The average Bonchev–Trinajstić information content (AvgIpc) is 1.86. The standard InChI is InChI=1S/C4H12N2O5/c1-3(10-5-7)4(2)11-6(8)9/h3-5,7-9H,1-2H3. The second kappa shape index (κ2) is 5.38. The Labute approximate surface area is 63.5 Å². The molecular formula is C4H12N2O5. The molecule has 0 saturated carbocycles. The van der Waals surface area contributed by atoms with Gasteiger partial charge in [-0.2, -0.15) is 0 Å². The summed E-state index contributed by atoms with van der Waals surface area (Å²) in [7, 11) is 0. The second-order valence-corrected chi connectivity index (χ2v) is 1.98. The van der Waals surface area contributed by atoms with Gasteiger partial charge in [-0.15, -0.1) is 0 Å². The van der Waals surface area contributed by atoms with Gasteiger partial charge in [0, 0.05) is 0 Å². The Morgan fingerprint density at radius 1 is 1.27 bits per heavy atom. The van der Waals surface area contributed by atoms with E-state index >= 15 is 0 Å². The highest BCUT2D eigenvalue weighted by molar-refractivity contribution is 4.56. The van der Waals surface area contributed by atoms with Crippen molar-refractivity contribution >= 4 is 0 Å². The summed E-state index contributed by atoms with van der Waals surface area (Å²) in [5.41, 5.74) is 1.46. The zero-order valence-corrected chi connectivity index (χ0v) is 6.26. The minimum absolute atomic E-state index is 0.415. The van der Waals surface area contributed by atoms with Crippen molar-refractivity contribution in [3.63, 3.8) is 0 Å². The lowest BCUT2D eigenvalue weighted by Gasteiger charge is -2.19. The van der Waals surface area contributed by atoms with Crippen LogP contribution in [0.3, 0.4) is 0 Å². The van der Waals surface area contributed by atoms with Gasteiger partial charge in [0.2, 0.25) is 0 Å². The van der Waals surface area contributed by atoms with E-state index in [1.807, 2.05) is 0 Å².